The summed E-state index contributed by atoms with van der Waals surface area (Å²) in [6.07, 6.45) is 1.04. The number of benzene rings is 1. The van der Waals surface area contributed by atoms with Crippen LogP contribution < -0.4 is 4.74 Å². The smallest absolute Gasteiger partial charge is 0.178 e. The van der Waals surface area contributed by atoms with E-state index in [1.807, 2.05) is 18.2 Å². The molecule has 20 heavy (non-hydrogen) atoms. The van der Waals surface area contributed by atoms with Crippen LogP contribution >= 0.6 is 12.2 Å². The summed E-state index contributed by atoms with van der Waals surface area (Å²) in [6, 6.07) is 6.02. The monoisotopic (exact) mass is 292 g/mol. The van der Waals surface area contributed by atoms with Crippen molar-refractivity contribution >= 4 is 23.3 Å². The third-order valence-corrected chi connectivity index (χ3v) is 3.74. The molecule has 0 atom stereocenters. The Morgan fingerprint density at radius 3 is 2.40 bits per heavy atom. The van der Waals surface area contributed by atoms with E-state index in [0.29, 0.717) is 0 Å². The molecule has 0 amide bonds. The van der Waals surface area contributed by atoms with Gasteiger partial charge in [-0.2, -0.15) is 0 Å². The molecule has 1 aromatic carbocycles. The number of imidazole rings is 1. The van der Waals surface area contributed by atoms with Crippen LogP contribution in [0.5, 0.6) is 5.75 Å². The van der Waals surface area contributed by atoms with Gasteiger partial charge in [0.15, 0.2) is 4.77 Å². The number of fused-ring (bicyclic) bond motifs is 1. The van der Waals surface area contributed by atoms with E-state index in [1.165, 1.54) is 0 Å². The highest BCUT2D eigenvalue weighted by Crippen LogP contribution is 2.35. The maximum absolute atomic E-state index is 5.54. The zero-order chi connectivity index (χ0) is 15.1. The van der Waals surface area contributed by atoms with Gasteiger partial charge in [-0.3, -0.25) is 0 Å². The second-order valence-electron chi connectivity index (χ2n) is 7.20. The van der Waals surface area contributed by atoms with Crippen molar-refractivity contribution in [3.63, 3.8) is 0 Å². The van der Waals surface area contributed by atoms with E-state index in [1.54, 1.807) is 7.11 Å². The minimum Gasteiger partial charge on any atom is -0.497 e. The van der Waals surface area contributed by atoms with Crippen LogP contribution in [0, 0.1) is 10.2 Å². The van der Waals surface area contributed by atoms with Crippen LogP contribution in [0.3, 0.4) is 0 Å². The predicted molar refractivity (Wildman–Crippen MR) is 87.1 cm³/mol. The minimum atomic E-state index is -0.0556. The molecule has 110 valence electrons. The number of nitrogens with one attached hydrogen (secondary N) is 1. The molecule has 4 heteroatoms. The van der Waals surface area contributed by atoms with Gasteiger partial charge in [0, 0.05) is 11.6 Å². The van der Waals surface area contributed by atoms with Crippen molar-refractivity contribution in [2.45, 2.75) is 46.6 Å². The van der Waals surface area contributed by atoms with Crippen LogP contribution in [0.4, 0.5) is 0 Å². The van der Waals surface area contributed by atoms with Gasteiger partial charge in [-0.05, 0) is 50.0 Å². The SMILES string of the molecule is COc1ccc2[nH]c(=S)n(C(C)(C)CC(C)(C)C)c2c1. The first-order valence-corrected chi connectivity index (χ1v) is 7.34. The van der Waals surface area contributed by atoms with Gasteiger partial charge in [0.25, 0.3) is 0 Å². The second kappa shape index (κ2) is 4.92. The molecule has 1 heterocycles. The maximum Gasteiger partial charge on any atom is 0.178 e. The molecular weight excluding hydrogens is 268 g/mol. The molecular formula is C16H24N2OS. The highest BCUT2D eigenvalue weighted by molar-refractivity contribution is 7.71. The molecule has 0 bridgehead atoms. The molecule has 3 nitrogen and oxygen atoms in total. The van der Waals surface area contributed by atoms with Crippen LogP contribution in [-0.4, -0.2) is 16.7 Å². The normalized spacial score (nSPS) is 12.9. The zero-order valence-electron chi connectivity index (χ0n) is 13.2. The van der Waals surface area contributed by atoms with Crippen LogP contribution in [0.2, 0.25) is 0 Å². The van der Waals surface area contributed by atoms with E-state index in [2.05, 4.69) is 44.2 Å². The summed E-state index contributed by atoms with van der Waals surface area (Å²) >= 11 is 5.54. The number of nitrogens with zero attached hydrogens (tertiary/aromatic N) is 1. The highest BCUT2D eigenvalue weighted by atomic mass is 32.1. The molecule has 0 aliphatic heterocycles. The van der Waals surface area contributed by atoms with Crippen LogP contribution in [0.25, 0.3) is 11.0 Å². The molecule has 0 saturated carbocycles. The lowest BCUT2D eigenvalue weighted by Gasteiger charge is -2.34. The topological polar surface area (TPSA) is 29.9 Å². The molecule has 1 N–H and O–H groups in total. The third-order valence-electron chi connectivity index (χ3n) is 3.46. The Balaban J connectivity index is 2.63. The first kappa shape index (κ1) is 15.1. The third kappa shape index (κ3) is 2.90. The summed E-state index contributed by atoms with van der Waals surface area (Å²) in [5, 5.41) is 0. The lowest BCUT2D eigenvalue weighted by Crippen LogP contribution is -2.31. The van der Waals surface area contributed by atoms with Gasteiger partial charge in [0.05, 0.1) is 18.1 Å². The molecule has 0 radical (unpaired) electrons. The maximum atomic E-state index is 5.54. The van der Waals surface area contributed by atoms with Crippen molar-refractivity contribution in [1.29, 1.82) is 0 Å². The minimum absolute atomic E-state index is 0.0556. The Hall–Kier alpha value is -1.29. The summed E-state index contributed by atoms with van der Waals surface area (Å²) in [5.41, 5.74) is 2.34. The number of aromatic nitrogens is 2. The van der Waals surface area contributed by atoms with Gasteiger partial charge in [0.2, 0.25) is 0 Å². The summed E-state index contributed by atoms with van der Waals surface area (Å²) < 4.78 is 8.32. The Morgan fingerprint density at radius 1 is 1.20 bits per heavy atom. The molecule has 0 unspecified atom stereocenters. The van der Waals surface area contributed by atoms with Crippen molar-refractivity contribution in [2.75, 3.05) is 7.11 Å². The Labute approximate surface area is 126 Å². The first-order valence-electron chi connectivity index (χ1n) is 6.93. The first-order chi connectivity index (χ1) is 9.14. The van der Waals surface area contributed by atoms with E-state index >= 15 is 0 Å². The average molecular weight is 292 g/mol. The lowest BCUT2D eigenvalue weighted by atomic mass is 9.81. The van der Waals surface area contributed by atoms with Crippen LogP contribution in [-0.2, 0) is 5.54 Å². The van der Waals surface area contributed by atoms with Crippen molar-refractivity contribution in [2.24, 2.45) is 5.41 Å². The average Bonchev–Trinajstić information content (AvgIpc) is 2.60. The fourth-order valence-electron chi connectivity index (χ4n) is 3.19. The fraction of sp³-hybridized carbons (Fsp3) is 0.562. The van der Waals surface area contributed by atoms with Crippen molar-refractivity contribution < 1.29 is 4.74 Å². The Morgan fingerprint density at radius 2 is 1.85 bits per heavy atom. The molecule has 0 spiro atoms. The van der Waals surface area contributed by atoms with E-state index in [9.17, 15) is 0 Å². The van der Waals surface area contributed by atoms with Crippen molar-refractivity contribution in [1.82, 2.24) is 9.55 Å². The number of H-pyrrole nitrogens is 1. The predicted octanol–water partition coefficient (Wildman–Crippen LogP) is 4.88. The van der Waals surface area contributed by atoms with Gasteiger partial charge in [-0.15, -0.1) is 0 Å². The fourth-order valence-corrected chi connectivity index (χ4v) is 3.64. The van der Waals surface area contributed by atoms with Gasteiger partial charge >= 0.3 is 0 Å². The quantitative estimate of drug-likeness (QED) is 0.817. The van der Waals surface area contributed by atoms with Gasteiger partial charge in [0.1, 0.15) is 5.75 Å². The standard InChI is InChI=1S/C16H24N2OS/c1-15(2,3)10-16(4,5)18-13-9-11(19-6)7-8-12(13)17-14(18)20/h7-9H,10H2,1-6H3,(H,17,20). The van der Waals surface area contributed by atoms with E-state index < -0.39 is 0 Å². The number of rotatable bonds is 3. The molecule has 2 rings (SSSR count). The second-order valence-corrected chi connectivity index (χ2v) is 7.59. The lowest BCUT2D eigenvalue weighted by molar-refractivity contribution is 0.217. The van der Waals surface area contributed by atoms with E-state index in [-0.39, 0.29) is 11.0 Å². The van der Waals surface area contributed by atoms with Gasteiger partial charge in [-0.25, -0.2) is 0 Å². The number of hydrogen-bond donors (Lipinski definition) is 1. The summed E-state index contributed by atoms with van der Waals surface area (Å²) in [4.78, 5) is 3.29. The van der Waals surface area contributed by atoms with Crippen LogP contribution in [0.15, 0.2) is 18.2 Å². The van der Waals surface area contributed by atoms with E-state index in [4.69, 9.17) is 17.0 Å². The van der Waals surface area contributed by atoms with Crippen LogP contribution in [0.1, 0.15) is 41.0 Å². The largest absolute Gasteiger partial charge is 0.497 e. The Bertz CT molecular complexity index is 674. The number of hydrogen-bond acceptors (Lipinski definition) is 2. The summed E-state index contributed by atoms with van der Waals surface area (Å²) in [5.74, 6) is 0.854. The number of ether oxygens (including phenoxy) is 1. The molecule has 0 saturated heterocycles. The van der Waals surface area contributed by atoms with Crippen molar-refractivity contribution in [3.05, 3.63) is 23.0 Å². The molecule has 0 fully saturated rings. The molecule has 2 aromatic rings. The van der Waals surface area contributed by atoms with Gasteiger partial charge in [-0.1, -0.05) is 20.8 Å². The van der Waals surface area contributed by atoms with E-state index in [0.717, 1.165) is 28.0 Å². The molecule has 1 aromatic heterocycles. The summed E-state index contributed by atoms with van der Waals surface area (Å²) in [7, 11) is 1.69. The Kier molecular flexibility index (Phi) is 3.71. The highest BCUT2D eigenvalue weighted by Gasteiger charge is 2.29. The zero-order valence-corrected chi connectivity index (χ0v) is 14.0. The number of aromatic amines is 1. The number of methoxy groups -OCH3 is 1. The molecule has 0 aliphatic carbocycles. The van der Waals surface area contributed by atoms with Crippen molar-refractivity contribution in [3.8, 4) is 5.75 Å². The summed E-state index contributed by atoms with van der Waals surface area (Å²) in [6.45, 7) is 11.2. The van der Waals surface area contributed by atoms with Gasteiger partial charge < -0.3 is 14.3 Å². The molecule has 0 aliphatic rings.